The van der Waals surface area contributed by atoms with E-state index in [1.54, 1.807) is 37.4 Å². The number of sulfonamides is 1. The minimum Gasteiger partial charge on any atom is -0.489 e. The van der Waals surface area contributed by atoms with Gasteiger partial charge in [-0.15, -0.1) is 0 Å². The van der Waals surface area contributed by atoms with E-state index in [2.05, 4.69) is 25.9 Å². The zero-order valence-corrected chi connectivity index (χ0v) is 22.5. The number of nitrogens with one attached hydrogen (secondary N) is 3. The number of anilines is 4. The minimum absolute atomic E-state index is 0.0700. The molecule has 0 atom stereocenters. The number of carbonyl (C=O) groups excluding carboxylic acids is 1. The SMILES string of the molecule is CNC(=O)c1cc(Nc2ncc(Cl)c(Nc3ccccc3S(=O)(=O)N(C)C)n2)c(OC(C)C)cc1C. The smallest absolute Gasteiger partial charge is 0.251 e. The number of aromatic nitrogens is 2. The summed E-state index contributed by atoms with van der Waals surface area (Å²) in [6.07, 6.45) is 1.27. The van der Waals surface area contributed by atoms with Crippen molar-refractivity contribution in [2.24, 2.45) is 0 Å². The van der Waals surface area contributed by atoms with Gasteiger partial charge in [-0.25, -0.2) is 17.7 Å². The Bertz CT molecular complexity index is 1380. The summed E-state index contributed by atoms with van der Waals surface area (Å²) in [5.74, 6) is 0.631. The summed E-state index contributed by atoms with van der Waals surface area (Å²) >= 11 is 6.33. The van der Waals surface area contributed by atoms with Crippen molar-refractivity contribution in [2.45, 2.75) is 31.8 Å². The largest absolute Gasteiger partial charge is 0.489 e. The molecule has 1 aromatic heterocycles. The molecule has 1 amide bonds. The van der Waals surface area contributed by atoms with Gasteiger partial charge in [-0.1, -0.05) is 23.7 Å². The Morgan fingerprint density at radius 2 is 1.81 bits per heavy atom. The molecule has 0 bridgehead atoms. The zero-order chi connectivity index (χ0) is 26.6. The van der Waals surface area contributed by atoms with Gasteiger partial charge in [0.05, 0.1) is 23.7 Å². The number of rotatable bonds is 9. The molecule has 0 unspecified atom stereocenters. The molecule has 0 aliphatic rings. The highest BCUT2D eigenvalue weighted by molar-refractivity contribution is 7.89. The van der Waals surface area contributed by atoms with Crippen LogP contribution in [0.2, 0.25) is 5.02 Å². The summed E-state index contributed by atoms with van der Waals surface area (Å²) in [5.41, 5.74) is 2.00. The standard InChI is InChI=1S/C24H29ClN6O4S/c1-14(2)35-20-11-15(3)16(23(32)26-4)12-19(20)29-24-27-13-17(25)22(30-24)28-18-9-7-8-10-21(18)36(33,34)31(5)6/h7-14H,1-6H3,(H,26,32)(H2,27,28,29,30). The van der Waals surface area contributed by atoms with Gasteiger partial charge in [0.25, 0.3) is 5.91 Å². The van der Waals surface area contributed by atoms with Crippen LogP contribution in [0.1, 0.15) is 29.8 Å². The quantitative estimate of drug-likeness (QED) is 0.372. The summed E-state index contributed by atoms with van der Waals surface area (Å²) in [5, 5.41) is 8.90. The van der Waals surface area contributed by atoms with Crippen molar-refractivity contribution in [3.05, 3.63) is 58.7 Å². The van der Waals surface area contributed by atoms with Crippen LogP contribution in [0.25, 0.3) is 0 Å². The number of benzene rings is 2. The number of para-hydroxylation sites is 1. The van der Waals surface area contributed by atoms with Crippen molar-refractivity contribution >= 4 is 50.7 Å². The van der Waals surface area contributed by atoms with Crippen LogP contribution in [0.5, 0.6) is 5.75 Å². The summed E-state index contributed by atoms with van der Waals surface area (Å²) in [6, 6.07) is 9.88. The van der Waals surface area contributed by atoms with Crippen molar-refractivity contribution in [1.29, 1.82) is 0 Å². The normalized spacial score (nSPS) is 11.5. The lowest BCUT2D eigenvalue weighted by atomic mass is 10.1. The van der Waals surface area contributed by atoms with E-state index in [1.807, 2.05) is 20.8 Å². The van der Waals surface area contributed by atoms with E-state index in [1.165, 1.54) is 26.4 Å². The van der Waals surface area contributed by atoms with Crippen molar-refractivity contribution in [2.75, 3.05) is 31.8 Å². The lowest BCUT2D eigenvalue weighted by Crippen LogP contribution is -2.23. The first-order valence-corrected chi connectivity index (χ1v) is 12.9. The fraction of sp³-hybridized carbons (Fsp3) is 0.292. The molecule has 0 aliphatic carbocycles. The van der Waals surface area contributed by atoms with E-state index >= 15 is 0 Å². The number of ether oxygens (including phenoxy) is 1. The fourth-order valence-corrected chi connectivity index (χ4v) is 4.44. The van der Waals surface area contributed by atoms with Gasteiger partial charge in [0.1, 0.15) is 15.7 Å². The molecule has 0 saturated heterocycles. The van der Waals surface area contributed by atoms with Crippen LogP contribution >= 0.6 is 11.6 Å². The third kappa shape index (κ3) is 6.04. The molecule has 192 valence electrons. The Hall–Kier alpha value is -3.41. The highest BCUT2D eigenvalue weighted by atomic mass is 35.5. The second kappa shape index (κ2) is 11.1. The van der Waals surface area contributed by atoms with Gasteiger partial charge in [-0.3, -0.25) is 4.79 Å². The van der Waals surface area contributed by atoms with Crippen molar-refractivity contribution < 1.29 is 17.9 Å². The van der Waals surface area contributed by atoms with Gasteiger partial charge in [0.2, 0.25) is 16.0 Å². The highest BCUT2D eigenvalue weighted by Crippen LogP contribution is 2.33. The first-order chi connectivity index (χ1) is 16.9. The third-order valence-electron chi connectivity index (χ3n) is 5.05. The van der Waals surface area contributed by atoms with Crippen molar-refractivity contribution in [1.82, 2.24) is 19.6 Å². The molecule has 0 saturated carbocycles. The summed E-state index contributed by atoms with van der Waals surface area (Å²) < 4.78 is 32.6. The Morgan fingerprint density at radius 1 is 1.11 bits per heavy atom. The van der Waals surface area contributed by atoms with E-state index < -0.39 is 10.0 Å². The molecular weight excluding hydrogens is 504 g/mol. The first-order valence-electron chi connectivity index (χ1n) is 11.1. The van der Waals surface area contributed by atoms with E-state index in [4.69, 9.17) is 16.3 Å². The van der Waals surface area contributed by atoms with Crippen LogP contribution in [0.3, 0.4) is 0 Å². The number of hydrogen-bond donors (Lipinski definition) is 3. The molecule has 0 radical (unpaired) electrons. The average molecular weight is 533 g/mol. The molecule has 0 aliphatic heterocycles. The predicted molar refractivity (Wildman–Crippen MR) is 141 cm³/mol. The second-order valence-corrected chi connectivity index (χ2v) is 10.9. The molecule has 0 spiro atoms. The van der Waals surface area contributed by atoms with Crippen LogP contribution in [0.4, 0.5) is 23.1 Å². The van der Waals surface area contributed by atoms with Gasteiger partial charge in [-0.05, 0) is 50.6 Å². The van der Waals surface area contributed by atoms with E-state index in [9.17, 15) is 13.2 Å². The molecular formula is C24H29ClN6O4S. The lowest BCUT2D eigenvalue weighted by molar-refractivity contribution is 0.0962. The predicted octanol–water partition coefficient (Wildman–Crippen LogP) is 4.32. The summed E-state index contributed by atoms with van der Waals surface area (Å²) in [4.78, 5) is 21.1. The van der Waals surface area contributed by atoms with Crippen LogP contribution < -0.4 is 20.7 Å². The Labute approximate surface area is 216 Å². The molecule has 1 heterocycles. The third-order valence-corrected chi connectivity index (χ3v) is 7.20. The maximum Gasteiger partial charge on any atom is 0.251 e. The van der Waals surface area contributed by atoms with Crippen LogP contribution in [0.15, 0.2) is 47.5 Å². The molecule has 12 heteroatoms. The van der Waals surface area contributed by atoms with Crippen molar-refractivity contribution in [3.63, 3.8) is 0 Å². The van der Waals surface area contributed by atoms with Crippen LogP contribution in [-0.2, 0) is 10.0 Å². The van der Waals surface area contributed by atoms with Gasteiger partial charge in [0.15, 0.2) is 5.82 Å². The second-order valence-electron chi connectivity index (χ2n) is 8.33. The summed E-state index contributed by atoms with van der Waals surface area (Å²) in [6.45, 7) is 5.61. The molecule has 3 aromatic rings. The van der Waals surface area contributed by atoms with Crippen molar-refractivity contribution in [3.8, 4) is 5.75 Å². The number of halogens is 1. The maximum absolute atomic E-state index is 12.8. The molecule has 2 aromatic carbocycles. The minimum atomic E-state index is -3.72. The molecule has 0 fully saturated rings. The lowest BCUT2D eigenvalue weighted by Gasteiger charge is -2.18. The monoisotopic (exact) mass is 532 g/mol. The van der Waals surface area contributed by atoms with Crippen LogP contribution in [-0.4, -0.2) is 55.8 Å². The number of carbonyl (C=O) groups is 1. The van der Waals surface area contributed by atoms with E-state index in [0.717, 1.165) is 9.87 Å². The van der Waals surface area contributed by atoms with Gasteiger partial charge < -0.3 is 20.7 Å². The Morgan fingerprint density at radius 3 is 2.44 bits per heavy atom. The van der Waals surface area contributed by atoms with Gasteiger partial charge in [-0.2, -0.15) is 4.98 Å². The average Bonchev–Trinajstić information content (AvgIpc) is 2.82. The first kappa shape index (κ1) is 27.2. The topological polar surface area (TPSA) is 126 Å². The highest BCUT2D eigenvalue weighted by Gasteiger charge is 2.22. The molecule has 3 rings (SSSR count). The number of aryl methyl sites for hydroxylation is 1. The fourth-order valence-electron chi connectivity index (χ4n) is 3.26. The summed E-state index contributed by atoms with van der Waals surface area (Å²) in [7, 11) is 0.747. The molecule has 10 nitrogen and oxygen atoms in total. The number of amides is 1. The maximum atomic E-state index is 12.8. The number of hydrogen-bond acceptors (Lipinski definition) is 8. The Kier molecular flexibility index (Phi) is 8.39. The van der Waals surface area contributed by atoms with Gasteiger partial charge >= 0.3 is 0 Å². The van der Waals surface area contributed by atoms with Gasteiger partial charge in [0, 0.05) is 26.7 Å². The zero-order valence-electron chi connectivity index (χ0n) is 20.9. The van der Waals surface area contributed by atoms with E-state index in [-0.39, 0.29) is 33.7 Å². The molecule has 3 N–H and O–H groups in total. The van der Waals surface area contributed by atoms with Crippen LogP contribution in [0, 0.1) is 6.92 Å². The Balaban J connectivity index is 2.02. The molecule has 36 heavy (non-hydrogen) atoms. The number of nitrogens with zero attached hydrogens (tertiary/aromatic N) is 3. The van der Waals surface area contributed by atoms with E-state index in [0.29, 0.717) is 22.7 Å².